The van der Waals surface area contributed by atoms with Crippen LogP contribution in [0.2, 0.25) is 0 Å². The fraction of sp³-hybridized carbons (Fsp3) is 0.714. The number of rotatable bonds is 1. The van der Waals surface area contributed by atoms with Gasteiger partial charge in [-0.05, 0) is 6.42 Å². The molecule has 1 heterocycles. The molecule has 4 heteroatoms. The summed E-state index contributed by atoms with van der Waals surface area (Å²) in [5.74, 6) is -0.318. The Kier molecular flexibility index (Phi) is 2.44. The Balaban J connectivity index is 2.43. The highest BCUT2D eigenvalue weighted by molar-refractivity contribution is 5.76. The van der Waals surface area contributed by atoms with Gasteiger partial charge in [0.2, 0.25) is 0 Å². The molecule has 0 radical (unpaired) electrons. The van der Waals surface area contributed by atoms with Gasteiger partial charge in [0.1, 0.15) is 6.04 Å². The van der Waals surface area contributed by atoms with E-state index in [1.165, 1.54) is 7.11 Å². The Hall–Kier alpha value is -1.08. The van der Waals surface area contributed by atoms with E-state index in [0.717, 1.165) is 0 Å². The van der Waals surface area contributed by atoms with Gasteiger partial charge in [0.05, 0.1) is 19.1 Å². The number of carbonyl (C=O) groups is 1. The lowest BCUT2D eigenvalue weighted by Gasteiger charge is -2.05. The van der Waals surface area contributed by atoms with Crippen LogP contribution in [0.25, 0.3) is 0 Å². The predicted molar refractivity (Wildman–Crippen MR) is 37.5 cm³/mol. The number of nitrogens with one attached hydrogen (secondary N) is 1. The molecule has 60 valence electrons. The second-order valence-electron chi connectivity index (χ2n) is 2.55. The van der Waals surface area contributed by atoms with Gasteiger partial charge in [0.15, 0.2) is 0 Å². The number of carbonyl (C=O) groups excluding carboxylic acids is 1. The molecule has 11 heavy (non-hydrogen) atoms. The van der Waals surface area contributed by atoms with Gasteiger partial charge in [-0.1, -0.05) is 0 Å². The van der Waals surface area contributed by atoms with Crippen molar-refractivity contribution in [2.24, 2.45) is 5.92 Å². The summed E-state index contributed by atoms with van der Waals surface area (Å²) in [5, 5.41) is 11.4. The lowest BCUT2D eigenvalue weighted by Crippen LogP contribution is -2.31. The molecule has 0 aliphatic carbocycles. The molecule has 1 unspecified atom stereocenters. The highest BCUT2D eigenvalue weighted by atomic mass is 16.5. The topological polar surface area (TPSA) is 62.1 Å². The van der Waals surface area contributed by atoms with Crippen molar-refractivity contribution in [2.75, 3.05) is 13.7 Å². The Morgan fingerprint density at radius 2 is 2.55 bits per heavy atom. The van der Waals surface area contributed by atoms with Crippen molar-refractivity contribution in [3.63, 3.8) is 0 Å². The Morgan fingerprint density at radius 3 is 3.00 bits per heavy atom. The van der Waals surface area contributed by atoms with E-state index in [1.54, 1.807) is 0 Å². The minimum Gasteiger partial charge on any atom is -0.468 e. The maximum absolute atomic E-state index is 10.9. The molecule has 0 amide bonds. The number of nitrogens with zero attached hydrogens (tertiary/aromatic N) is 1. The number of hydrogen-bond donors (Lipinski definition) is 1. The summed E-state index contributed by atoms with van der Waals surface area (Å²) in [6.45, 7) is 0.594. The summed E-state index contributed by atoms with van der Waals surface area (Å²) in [6.07, 6.45) is 0.573. The van der Waals surface area contributed by atoms with Gasteiger partial charge in [-0.15, -0.1) is 0 Å². The van der Waals surface area contributed by atoms with Gasteiger partial charge >= 0.3 is 5.97 Å². The molecular formula is C7H10N2O2. The van der Waals surface area contributed by atoms with Crippen molar-refractivity contribution >= 4 is 5.97 Å². The largest absolute Gasteiger partial charge is 0.468 e. The minimum atomic E-state index is -0.275. The molecule has 0 spiro atoms. The molecule has 0 aromatic heterocycles. The van der Waals surface area contributed by atoms with E-state index < -0.39 is 0 Å². The number of hydrogen-bond acceptors (Lipinski definition) is 4. The van der Waals surface area contributed by atoms with Crippen LogP contribution in [-0.2, 0) is 9.53 Å². The van der Waals surface area contributed by atoms with Crippen LogP contribution in [-0.4, -0.2) is 25.7 Å². The summed E-state index contributed by atoms with van der Waals surface area (Å²) >= 11 is 0. The maximum atomic E-state index is 10.9. The van der Waals surface area contributed by atoms with E-state index in [0.29, 0.717) is 13.0 Å². The van der Waals surface area contributed by atoms with Gasteiger partial charge in [-0.2, -0.15) is 5.26 Å². The average Bonchev–Trinajstić information content (AvgIpc) is 2.50. The Labute approximate surface area is 65.1 Å². The molecule has 0 bridgehead atoms. The van der Waals surface area contributed by atoms with Crippen molar-refractivity contribution < 1.29 is 9.53 Å². The van der Waals surface area contributed by atoms with Crippen LogP contribution >= 0.6 is 0 Å². The van der Waals surface area contributed by atoms with Crippen LogP contribution < -0.4 is 5.32 Å². The first kappa shape index (κ1) is 8.02. The third-order valence-corrected chi connectivity index (χ3v) is 1.80. The lowest BCUT2D eigenvalue weighted by molar-refractivity contribution is -0.142. The van der Waals surface area contributed by atoms with Crippen LogP contribution in [0.5, 0.6) is 0 Å². The highest BCUT2D eigenvalue weighted by Crippen LogP contribution is 2.13. The molecule has 2 atom stereocenters. The number of ether oxygens (including phenoxy) is 1. The molecule has 1 aliphatic heterocycles. The highest BCUT2D eigenvalue weighted by Gasteiger charge is 2.29. The fourth-order valence-corrected chi connectivity index (χ4v) is 1.16. The minimum absolute atomic E-state index is 0.0425. The molecule has 1 aliphatic rings. The quantitative estimate of drug-likeness (QED) is 0.525. The molecular weight excluding hydrogens is 144 g/mol. The van der Waals surface area contributed by atoms with Crippen molar-refractivity contribution in [1.29, 1.82) is 5.26 Å². The van der Waals surface area contributed by atoms with Crippen LogP contribution in [0.1, 0.15) is 6.42 Å². The fourth-order valence-electron chi connectivity index (χ4n) is 1.16. The summed E-state index contributed by atoms with van der Waals surface area (Å²) in [5.41, 5.74) is 0. The monoisotopic (exact) mass is 154 g/mol. The first-order chi connectivity index (χ1) is 5.27. The van der Waals surface area contributed by atoms with E-state index in [9.17, 15) is 4.79 Å². The van der Waals surface area contributed by atoms with E-state index in [-0.39, 0.29) is 17.9 Å². The predicted octanol–water partition coefficient (Wildman–Crippen LogP) is -0.339. The second-order valence-corrected chi connectivity index (χ2v) is 2.55. The Morgan fingerprint density at radius 1 is 1.82 bits per heavy atom. The van der Waals surface area contributed by atoms with Gasteiger partial charge in [0, 0.05) is 6.54 Å². The van der Waals surface area contributed by atoms with E-state index in [2.05, 4.69) is 16.1 Å². The smallest absolute Gasteiger partial charge is 0.322 e. The lowest BCUT2D eigenvalue weighted by atomic mass is 10.1. The van der Waals surface area contributed by atoms with Crippen molar-refractivity contribution in [2.45, 2.75) is 12.5 Å². The molecule has 1 saturated heterocycles. The zero-order valence-corrected chi connectivity index (χ0v) is 6.33. The summed E-state index contributed by atoms with van der Waals surface area (Å²) in [6, 6.07) is 1.83. The van der Waals surface area contributed by atoms with E-state index in [1.807, 2.05) is 0 Å². The summed E-state index contributed by atoms with van der Waals surface area (Å²) < 4.78 is 4.52. The molecule has 1 fully saturated rings. The molecule has 1 rings (SSSR count). The van der Waals surface area contributed by atoms with Gasteiger partial charge in [0.25, 0.3) is 0 Å². The van der Waals surface area contributed by atoms with Crippen LogP contribution in [0.15, 0.2) is 0 Å². The Bertz CT molecular complexity index is 197. The summed E-state index contributed by atoms with van der Waals surface area (Å²) in [4.78, 5) is 10.9. The normalized spacial score (nSPS) is 29.5. The van der Waals surface area contributed by atoms with Crippen molar-refractivity contribution in [1.82, 2.24) is 5.32 Å². The van der Waals surface area contributed by atoms with Crippen molar-refractivity contribution in [3.05, 3.63) is 0 Å². The maximum Gasteiger partial charge on any atom is 0.322 e. The number of nitriles is 1. The van der Waals surface area contributed by atoms with Crippen LogP contribution in [0.4, 0.5) is 0 Å². The number of esters is 1. The SMILES string of the molecule is COC(=O)[C@@H]1CC(C#N)CN1. The zero-order valence-electron chi connectivity index (χ0n) is 6.33. The first-order valence-corrected chi connectivity index (χ1v) is 3.48. The van der Waals surface area contributed by atoms with Crippen LogP contribution in [0.3, 0.4) is 0 Å². The second kappa shape index (κ2) is 3.35. The number of methoxy groups -OCH3 is 1. The van der Waals surface area contributed by atoms with Gasteiger partial charge < -0.3 is 10.1 Å². The molecule has 0 aromatic carbocycles. The van der Waals surface area contributed by atoms with Gasteiger partial charge in [-0.25, -0.2) is 0 Å². The zero-order chi connectivity index (χ0) is 8.27. The van der Waals surface area contributed by atoms with E-state index >= 15 is 0 Å². The van der Waals surface area contributed by atoms with Crippen molar-refractivity contribution in [3.8, 4) is 6.07 Å². The molecule has 0 aromatic rings. The van der Waals surface area contributed by atoms with E-state index in [4.69, 9.17) is 5.26 Å². The summed E-state index contributed by atoms with van der Waals surface area (Å²) in [7, 11) is 1.35. The first-order valence-electron chi connectivity index (χ1n) is 3.48. The third-order valence-electron chi connectivity index (χ3n) is 1.80. The molecule has 0 saturated carbocycles. The average molecular weight is 154 g/mol. The molecule has 4 nitrogen and oxygen atoms in total. The van der Waals surface area contributed by atoms with Gasteiger partial charge in [-0.3, -0.25) is 4.79 Å². The standard InChI is InChI=1S/C7H10N2O2/c1-11-7(10)6-2-5(3-8)4-9-6/h5-6,9H,2,4H2,1H3/t5?,6-/m0/s1. The van der Waals surface area contributed by atoms with Crippen LogP contribution in [0, 0.1) is 17.2 Å². The molecule has 1 N–H and O–H groups in total. The third kappa shape index (κ3) is 1.69.